The van der Waals surface area contributed by atoms with Crippen LogP contribution in [0.3, 0.4) is 0 Å². The predicted octanol–water partition coefficient (Wildman–Crippen LogP) is 13.4. The number of esters is 1. The van der Waals surface area contributed by atoms with E-state index in [2.05, 4.69) is 68.6 Å². The monoisotopic (exact) mass is 792 g/mol. The number of rotatable bonds is 39. The average Bonchev–Trinajstić information content (AvgIpc) is 3.20. The summed E-state index contributed by atoms with van der Waals surface area (Å²) in [5.41, 5.74) is 0. The van der Waals surface area contributed by atoms with Crippen LogP contribution in [0.5, 0.6) is 0 Å². The number of carbonyl (C=O) groups is 2. The van der Waals surface area contributed by atoms with E-state index in [9.17, 15) is 19.8 Å². The van der Waals surface area contributed by atoms with Gasteiger partial charge in [0, 0.05) is 6.42 Å². The molecule has 0 aromatic carbocycles. The molecule has 324 valence electrons. The quantitative estimate of drug-likeness (QED) is 0.0249. The van der Waals surface area contributed by atoms with Gasteiger partial charge in [-0.1, -0.05) is 195 Å². The lowest BCUT2D eigenvalue weighted by atomic mass is 10.0. The molecule has 0 saturated heterocycles. The Morgan fingerprint density at radius 2 is 1.02 bits per heavy atom. The van der Waals surface area contributed by atoms with Gasteiger partial charge in [-0.3, -0.25) is 9.59 Å². The Kier molecular flexibility index (Phi) is 41.4. The van der Waals surface area contributed by atoms with Crippen molar-refractivity contribution in [2.45, 2.75) is 206 Å². The number of aliphatic hydroxyl groups excluding tert-OH is 2. The Labute approximate surface area is 350 Å². The Morgan fingerprint density at radius 3 is 1.60 bits per heavy atom. The fraction of sp³-hybridized carbons (Fsp3) is 0.647. The zero-order chi connectivity index (χ0) is 41.7. The molecule has 0 bridgehead atoms. The van der Waals surface area contributed by atoms with Crippen molar-refractivity contribution in [1.82, 2.24) is 5.32 Å². The third kappa shape index (κ3) is 39.4. The van der Waals surface area contributed by atoms with E-state index in [0.29, 0.717) is 19.3 Å². The van der Waals surface area contributed by atoms with Gasteiger partial charge in [-0.25, -0.2) is 0 Å². The molecule has 0 aliphatic rings. The summed E-state index contributed by atoms with van der Waals surface area (Å²) >= 11 is 0. The van der Waals surface area contributed by atoms with E-state index in [1.54, 1.807) is 0 Å². The van der Waals surface area contributed by atoms with Crippen molar-refractivity contribution in [2.75, 3.05) is 6.61 Å². The standard InChI is InChI=1S/C51H85NO5/c1-4-7-10-13-16-19-22-24-25-27-28-30-33-36-39-42-47(57-51(56)44-41-38-35-32-29-26-23-20-17-14-11-8-5-2)45-50(55)52-48(46-53)49(54)43-40-37-34-31-21-18-15-12-9-6-3/h8,11,14,16-17,19-20,23-26,28-30,32,35,47-49,53-54H,4-7,9-10,12-13,15,18,21-22,27,31,33-34,36-46H2,1-3H3,(H,52,55)/b11-8+,17-14+,19-16-,23-20-,25-24-,29-26-,30-28-,35-32+. The van der Waals surface area contributed by atoms with E-state index in [-0.39, 0.29) is 31.3 Å². The predicted molar refractivity (Wildman–Crippen MR) is 245 cm³/mol. The van der Waals surface area contributed by atoms with Crippen LogP contribution in [-0.4, -0.2) is 46.9 Å². The largest absolute Gasteiger partial charge is 0.462 e. The molecule has 0 saturated carbocycles. The van der Waals surface area contributed by atoms with Gasteiger partial charge in [0.25, 0.3) is 0 Å². The fourth-order valence-corrected chi connectivity index (χ4v) is 6.29. The van der Waals surface area contributed by atoms with Crippen molar-refractivity contribution in [1.29, 1.82) is 0 Å². The van der Waals surface area contributed by atoms with E-state index < -0.39 is 18.2 Å². The van der Waals surface area contributed by atoms with Crippen LogP contribution in [0.25, 0.3) is 0 Å². The molecule has 57 heavy (non-hydrogen) atoms. The second kappa shape index (κ2) is 43.9. The van der Waals surface area contributed by atoms with Crippen LogP contribution in [0.4, 0.5) is 0 Å². The van der Waals surface area contributed by atoms with Crippen molar-refractivity contribution in [2.24, 2.45) is 0 Å². The van der Waals surface area contributed by atoms with Crippen molar-refractivity contribution in [3.63, 3.8) is 0 Å². The van der Waals surface area contributed by atoms with Crippen molar-refractivity contribution in [3.05, 3.63) is 97.2 Å². The number of carbonyl (C=O) groups excluding carboxylic acids is 2. The summed E-state index contributed by atoms with van der Waals surface area (Å²) in [5, 5.41) is 23.6. The molecule has 0 spiro atoms. The van der Waals surface area contributed by atoms with Crippen LogP contribution >= 0.6 is 0 Å². The number of nitrogens with one attached hydrogen (secondary N) is 1. The average molecular weight is 792 g/mol. The molecular formula is C51H85NO5. The summed E-state index contributed by atoms with van der Waals surface area (Å²) in [7, 11) is 0. The number of allylic oxidation sites excluding steroid dienone is 16. The molecule has 0 heterocycles. The zero-order valence-electron chi connectivity index (χ0n) is 36.7. The summed E-state index contributed by atoms with van der Waals surface area (Å²) in [4.78, 5) is 26.0. The SMILES string of the molecule is CC/C=C/C=C/C=C\C=C/C=C/CCCC(=O)OC(CCCC/C=C\C/C=C\C/C=C\CCCCC)CC(=O)NC(CO)C(O)CCCCCCCCCCCC. The van der Waals surface area contributed by atoms with Crippen LogP contribution in [-0.2, 0) is 14.3 Å². The maximum absolute atomic E-state index is 13.1. The summed E-state index contributed by atoms with van der Waals surface area (Å²) < 4.78 is 5.85. The molecule has 6 heteroatoms. The van der Waals surface area contributed by atoms with Crippen molar-refractivity contribution in [3.8, 4) is 0 Å². The number of aliphatic hydroxyl groups is 2. The number of hydrogen-bond acceptors (Lipinski definition) is 5. The topological polar surface area (TPSA) is 95.9 Å². The summed E-state index contributed by atoms with van der Waals surface area (Å²) in [6.07, 6.45) is 57.5. The highest BCUT2D eigenvalue weighted by molar-refractivity contribution is 5.77. The summed E-state index contributed by atoms with van der Waals surface area (Å²) in [6, 6.07) is -0.732. The minimum Gasteiger partial charge on any atom is -0.462 e. The van der Waals surface area contributed by atoms with Gasteiger partial charge >= 0.3 is 5.97 Å². The number of unbranched alkanes of at least 4 members (excludes halogenated alkanes) is 15. The Morgan fingerprint density at radius 1 is 0.544 bits per heavy atom. The minimum absolute atomic E-state index is 0.0171. The maximum atomic E-state index is 13.1. The Balaban J connectivity index is 4.84. The highest BCUT2D eigenvalue weighted by Crippen LogP contribution is 2.16. The van der Waals surface area contributed by atoms with Gasteiger partial charge in [-0.15, -0.1) is 0 Å². The molecule has 1 amide bonds. The van der Waals surface area contributed by atoms with Gasteiger partial charge in [0.1, 0.15) is 6.10 Å². The molecule has 6 nitrogen and oxygen atoms in total. The van der Waals surface area contributed by atoms with Crippen LogP contribution < -0.4 is 5.32 Å². The minimum atomic E-state index is -0.814. The van der Waals surface area contributed by atoms with E-state index in [0.717, 1.165) is 64.2 Å². The van der Waals surface area contributed by atoms with E-state index in [1.165, 1.54) is 70.6 Å². The molecule has 0 fully saturated rings. The molecule has 3 unspecified atom stereocenters. The Bertz CT molecular complexity index is 1160. The molecule has 0 radical (unpaired) electrons. The molecular weight excluding hydrogens is 707 g/mol. The number of amides is 1. The fourth-order valence-electron chi connectivity index (χ4n) is 6.29. The molecule has 0 aromatic heterocycles. The third-order valence-corrected chi connectivity index (χ3v) is 9.78. The lowest BCUT2D eigenvalue weighted by molar-refractivity contribution is -0.151. The van der Waals surface area contributed by atoms with Crippen LogP contribution in [0.1, 0.15) is 188 Å². The van der Waals surface area contributed by atoms with Gasteiger partial charge in [0.05, 0.1) is 25.2 Å². The molecule has 3 N–H and O–H groups in total. The first kappa shape index (κ1) is 53.8. The number of ether oxygens (including phenoxy) is 1. The normalized spacial score (nSPS) is 14.3. The van der Waals surface area contributed by atoms with E-state index in [1.807, 2.05) is 54.7 Å². The van der Waals surface area contributed by atoms with Gasteiger partial charge in [-0.2, -0.15) is 0 Å². The molecule has 0 rings (SSSR count). The molecule has 0 aliphatic carbocycles. The third-order valence-electron chi connectivity index (χ3n) is 9.78. The molecule has 0 aromatic rings. The molecule has 0 aliphatic heterocycles. The zero-order valence-corrected chi connectivity index (χ0v) is 36.7. The lowest BCUT2D eigenvalue weighted by Crippen LogP contribution is -2.46. The lowest BCUT2D eigenvalue weighted by Gasteiger charge is -2.24. The van der Waals surface area contributed by atoms with Crippen molar-refractivity contribution < 1.29 is 24.5 Å². The van der Waals surface area contributed by atoms with Gasteiger partial charge in [-0.05, 0) is 77.0 Å². The van der Waals surface area contributed by atoms with Gasteiger partial charge in [0.2, 0.25) is 5.91 Å². The van der Waals surface area contributed by atoms with Gasteiger partial charge in [0.15, 0.2) is 0 Å². The highest BCUT2D eigenvalue weighted by Gasteiger charge is 2.24. The first-order valence-electron chi connectivity index (χ1n) is 23.0. The highest BCUT2D eigenvalue weighted by atomic mass is 16.5. The number of hydrogen-bond donors (Lipinski definition) is 3. The molecule has 3 atom stereocenters. The van der Waals surface area contributed by atoms with E-state index >= 15 is 0 Å². The second-order valence-electron chi connectivity index (χ2n) is 15.2. The first-order chi connectivity index (χ1) is 28.0. The van der Waals surface area contributed by atoms with Crippen LogP contribution in [0.15, 0.2) is 97.2 Å². The van der Waals surface area contributed by atoms with Crippen molar-refractivity contribution >= 4 is 11.9 Å². The summed E-state index contributed by atoms with van der Waals surface area (Å²) in [6.45, 7) is 6.24. The first-order valence-corrected chi connectivity index (χ1v) is 23.0. The van der Waals surface area contributed by atoms with E-state index in [4.69, 9.17) is 4.74 Å². The smallest absolute Gasteiger partial charge is 0.306 e. The van der Waals surface area contributed by atoms with Crippen LogP contribution in [0, 0.1) is 0 Å². The maximum Gasteiger partial charge on any atom is 0.306 e. The van der Waals surface area contributed by atoms with Gasteiger partial charge < -0.3 is 20.3 Å². The Hall–Kier alpha value is -3.22. The summed E-state index contributed by atoms with van der Waals surface area (Å²) in [5.74, 6) is -0.612. The van der Waals surface area contributed by atoms with Crippen LogP contribution in [0.2, 0.25) is 0 Å². The second-order valence-corrected chi connectivity index (χ2v) is 15.2.